The molecule has 2 heterocycles. The molecule has 2 N–H and O–H groups in total. The molecule has 0 atom stereocenters. The Morgan fingerprint density at radius 2 is 2.19 bits per heavy atom. The van der Waals surface area contributed by atoms with Crippen LogP contribution in [0.25, 0.3) is 0 Å². The molecule has 0 bridgehead atoms. The van der Waals surface area contributed by atoms with Crippen LogP contribution in [0.2, 0.25) is 0 Å². The van der Waals surface area contributed by atoms with Crippen LogP contribution in [-0.2, 0) is 21.4 Å². The number of sulfonamides is 1. The lowest BCUT2D eigenvalue weighted by Crippen LogP contribution is -2.30. The van der Waals surface area contributed by atoms with Crippen LogP contribution in [0, 0.1) is 0 Å². The van der Waals surface area contributed by atoms with Crippen LogP contribution in [0.1, 0.15) is 18.4 Å². The van der Waals surface area contributed by atoms with Crippen molar-refractivity contribution >= 4 is 38.8 Å². The number of anilines is 1. The molecule has 1 aliphatic heterocycles. The lowest BCUT2D eigenvalue weighted by atomic mass is 10.3. The molecule has 1 aromatic carbocycles. The second-order valence-electron chi connectivity index (χ2n) is 6.42. The number of likely N-dealkylation sites (N-methyl/N-ethyl adjacent to an activating group) is 1. The summed E-state index contributed by atoms with van der Waals surface area (Å²) >= 11 is 1.62. The number of rotatable bonds is 7. The molecule has 1 amide bonds. The normalized spacial score (nSPS) is 14.2. The van der Waals surface area contributed by atoms with E-state index in [1.165, 1.54) is 12.1 Å². The number of amides is 1. The van der Waals surface area contributed by atoms with E-state index in [0.717, 1.165) is 12.0 Å². The van der Waals surface area contributed by atoms with Gasteiger partial charge in [-0.05, 0) is 54.1 Å². The third-order valence-electron chi connectivity index (χ3n) is 4.00. The molecule has 1 aliphatic rings. The van der Waals surface area contributed by atoms with E-state index in [4.69, 9.17) is 0 Å². The summed E-state index contributed by atoms with van der Waals surface area (Å²) in [7, 11) is -1.84. The number of nitrogens with zero attached hydrogens (tertiary/aromatic N) is 2. The SMILES string of the molecule is CN(CC(=O)Nc1cccc(S(=O)(=O)NC2=NCCC2)c1)Cc1ccsc1. The number of hydrogen-bond donors (Lipinski definition) is 2. The number of benzene rings is 1. The molecule has 3 rings (SSSR count). The van der Waals surface area contributed by atoms with Gasteiger partial charge in [-0.15, -0.1) is 0 Å². The highest BCUT2D eigenvalue weighted by molar-refractivity contribution is 7.90. The van der Waals surface area contributed by atoms with E-state index < -0.39 is 10.0 Å². The Morgan fingerprint density at radius 3 is 2.89 bits per heavy atom. The van der Waals surface area contributed by atoms with Crippen molar-refractivity contribution in [2.24, 2.45) is 4.99 Å². The van der Waals surface area contributed by atoms with Crippen molar-refractivity contribution in [1.82, 2.24) is 9.62 Å². The van der Waals surface area contributed by atoms with Gasteiger partial charge in [0.05, 0.1) is 11.4 Å². The number of thiophene rings is 1. The maximum atomic E-state index is 12.5. The number of nitrogens with one attached hydrogen (secondary N) is 2. The summed E-state index contributed by atoms with van der Waals surface area (Å²) < 4.78 is 27.5. The average molecular weight is 407 g/mol. The zero-order chi connectivity index (χ0) is 19.3. The Kier molecular flexibility index (Phi) is 6.25. The highest BCUT2D eigenvalue weighted by atomic mass is 32.2. The number of hydrogen-bond acceptors (Lipinski definition) is 6. The zero-order valence-electron chi connectivity index (χ0n) is 15.0. The van der Waals surface area contributed by atoms with Crippen molar-refractivity contribution in [2.45, 2.75) is 24.3 Å². The average Bonchev–Trinajstić information content (AvgIpc) is 3.28. The van der Waals surface area contributed by atoms with Crippen molar-refractivity contribution < 1.29 is 13.2 Å². The summed E-state index contributed by atoms with van der Waals surface area (Å²) in [5, 5.41) is 6.80. The van der Waals surface area contributed by atoms with Gasteiger partial charge in [-0.1, -0.05) is 6.07 Å². The molecular formula is C18H22N4O3S2. The molecule has 7 nitrogen and oxygen atoms in total. The number of carbonyl (C=O) groups is 1. The molecule has 0 radical (unpaired) electrons. The number of aliphatic imine (C=N–C) groups is 1. The van der Waals surface area contributed by atoms with E-state index in [1.807, 2.05) is 28.8 Å². The van der Waals surface area contributed by atoms with E-state index in [9.17, 15) is 13.2 Å². The van der Waals surface area contributed by atoms with Gasteiger partial charge in [-0.25, -0.2) is 8.42 Å². The predicted molar refractivity (Wildman–Crippen MR) is 108 cm³/mol. The lowest BCUT2D eigenvalue weighted by molar-refractivity contribution is -0.117. The standard InChI is InChI=1S/C18H22N4O3S2/c1-22(11-14-7-9-26-13-14)12-18(23)20-15-4-2-5-16(10-15)27(24,25)21-17-6-3-8-19-17/h2,4-5,7,9-10,13H,3,6,8,11-12H2,1H3,(H,19,21)(H,20,23). The van der Waals surface area contributed by atoms with Gasteiger partial charge in [0.15, 0.2) is 0 Å². The third-order valence-corrected chi connectivity index (χ3v) is 6.11. The van der Waals surface area contributed by atoms with Gasteiger partial charge in [-0.2, -0.15) is 11.3 Å². The highest BCUT2D eigenvalue weighted by Crippen LogP contribution is 2.16. The largest absolute Gasteiger partial charge is 0.325 e. The summed E-state index contributed by atoms with van der Waals surface area (Å²) in [4.78, 5) is 18.4. The molecule has 0 aliphatic carbocycles. The van der Waals surface area contributed by atoms with Crippen LogP contribution in [0.15, 0.2) is 51.0 Å². The first-order chi connectivity index (χ1) is 12.9. The van der Waals surface area contributed by atoms with E-state index in [-0.39, 0.29) is 17.3 Å². The van der Waals surface area contributed by atoms with Crippen molar-refractivity contribution in [3.05, 3.63) is 46.7 Å². The molecule has 144 valence electrons. The fourth-order valence-electron chi connectivity index (χ4n) is 2.77. The van der Waals surface area contributed by atoms with Crippen LogP contribution < -0.4 is 10.0 Å². The Labute approximate surface area is 163 Å². The smallest absolute Gasteiger partial charge is 0.262 e. The Bertz CT molecular complexity index is 924. The van der Waals surface area contributed by atoms with Crippen LogP contribution in [0.5, 0.6) is 0 Å². The molecule has 0 saturated carbocycles. The number of amidine groups is 1. The molecule has 2 aromatic rings. The fourth-order valence-corrected chi connectivity index (χ4v) is 4.57. The quantitative estimate of drug-likeness (QED) is 0.738. The third kappa shape index (κ3) is 5.62. The number of carbonyl (C=O) groups excluding carboxylic acids is 1. The summed E-state index contributed by atoms with van der Waals surface area (Å²) in [6.45, 7) is 1.53. The second-order valence-corrected chi connectivity index (χ2v) is 8.88. The van der Waals surface area contributed by atoms with Crippen LogP contribution in [0.4, 0.5) is 5.69 Å². The highest BCUT2D eigenvalue weighted by Gasteiger charge is 2.19. The maximum absolute atomic E-state index is 12.5. The van der Waals surface area contributed by atoms with Gasteiger partial charge < -0.3 is 5.32 Å². The van der Waals surface area contributed by atoms with Gasteiger partial charge in [0.1, 0.15) is 5.84 Å². The van der Waals surface area contributed by atoms with E-state index >= 15 is 0 Å². The van der Waals surface area contributed by atoms with Crippen molar-refractivity contribution in [2.75, 3.05) is 25.5 Å². The van der Waals surface area contributed by atoms with Crippen LogP contribution in [0.3, 0.4) is 0 Å². The zero-order valence-corrected chi connectivity index (χ0v) is 16.6. The minimum Gasteiger partial charge on any atom is -0.325 e. The first kappa shape index (κ1) is 19.5. The molecule has 9 heteroatoms. The van der Waals surface area contributed by atoms with E-state index in [2.05, 4.69) is 15.0 Å². The van der Waals surface area contributed by atoms with Gasteiger partial charge >= 0.3 is 0 Å². The molecule has 0 saturated heterocycles. The first-order valence-corrected chi connectivity index (χ1v) is 11.0. The summed E-state index contributed by atoms with van der Waals surface area (Å²) in [5.74, 6) is 0.287. The Hall–Kier alpha value is -2.23. The van der Waals surface area contributed by atoms with Gasteiger partial charge in [-0.3, -0.25) is 19.4 Å². The van der Waals surface area contributed by atoms with Gasteiger partial charge in [0.25, 0.3) is 10.0 Å². The van der Waals surface area contributed by atoms with Gasteiger partial charge in [0, 0.05) is 25.2 Å². The summed E-state index contributed by atoms with van der Waals surface area (Å²) in [6.07, 6.45) is 1.49. The molecule has 1 aromatic heterocycles. The molecule has 27 heavy (non-hydrogen) atoms. The predicted octanol–water partition coefficient (Wildman–Crippen LogP) is 2.29. The van der Waals surface area contributed by atoms with Crippen molar-refractivity contribution in [3.8, 4) is 0 Å². The van der Waals surface area contributed by atoms with Crippen LogP contribution in [-0.4, -0.2) is 45.2 Å². The van der Waals surface area contributed by atoms with E-state index in [0.29, 0.717) is 31.0 Å². The molecule has 0 unspecified atom stereocenters. The van der Waals surface area contributed by atoms with Gasteiger partial charge in [0.2, 0.25) is 5.91 Å². The van der Waals surface area contributed by atoms with Crippen LogP contribution >= 0.6 is 11.3 Å². The molecule has 0 spiro atoms. The van der Waals surface area contributed by atoms with E-state index in [1.54, 1.807) is 23.5 Å². The topological polar surface area (TPSA) is 90.9 Å². The molecular weight excluding hydrogens is 384 g/mol. The minimum atomic E-state index is -3.70. The summed E-state index contributed by atoms with van der Waals surface area (Å²) in [5.41, 5.74) is 1.60. The van der Waals surface area contributed by atoms with Crippen molar-refractivity contribution in [1.29, 1.82) is 0 Å². The van der Waals surface area contributed by atoms with Crippen molar-refractivity contribution in [3.63, 3.8) is 0 Å². The Morgan fingerprint density at radius 1 is 1.33 bits per heavy atom. The summed E-state index contributed by atoms with van der Waals surface area (Å²) in [6, 6.07) is 8.25. The fraction of sp³-hybridized carbons (Fsp3) is 0.333. The minimum absolute atomic E-state index is 0.0986. The maximum Gasteiger partial charge on any atom is 0.262 e. The Balaban J connectivity index is 1.60. The second kappa shape index (κ2) is 8.64. The lowest BCUT2D eigenvalue weighted by Gasteiger charge is -2.16. The monoisotopic (exact) mass is 406 g/mol. The molecule has 0 fully saturated rings. The first-order valence-electron chi connectivity index (χ1n) is 8.58.